The second-order valence-electron chi connectivity index (χ2n) is 3.61. The fourth-order valence-electron chi connectivity index (χ4n) is 1.38. The maximum atomic E-state index is 13.0. The Bertz CT molecular complexity index is 573. The van der Waals surface area contributed by atoms with Gasteiger partial charge in [-0.15, -0.1) is 0 Å². The SMILES string of the molecule is Fc1ccc(Br)c(OCc2ccc(F)c(Br)c2)c1. The largest absolute Gasteiger partial charge is 0.488 e. The topological polar surface area (TPSA) is 9.23 Å². The van der Waals surface area contributed by atoms with Gasteiger partial charge in [-0.25, -0.2) is 8.78 Å². The standard InChI is InChI=1S/C13H8Br2F2O/c14-10-3-2-9(16)6-13(10)18-7-8-1-4-12(17)11(15)5-8/h1-6H,7H2. The van der Waals surface area contributed by atoms with E-state index in [4.69, 9.17) is 4.74 Å². The molecular weight excluding hydrogens is 370 g/mol. The molecule has 0 aliphatic carbocycles. The molecule has 18 heavy (non-hydrogen) atoms. The van der Waals surface area contributed by atoms with Crippen LogP contribution in [0, 0.1) is 11.6 Å². The molecule has 2 rings (SSSR count). The Morgan fingerprint density at radius 1 is 0.944 bits per heavy atom. The fourth-order valence-corrected chi connectivity index (χ4v) is 2.17. The zero-order chi connectivity index (χ0) is 13.1. The van der Waals surface area contributed by atoms with E-state index >= 15 is 0 Å². The van der Waals surface area contributed by atoms with Gasteiger partial charge in [0.05, 0.1) is 8.95 Å². The molecule has 0 aliphatic heterocycles. The van der Waals surface area contributed by atoms with Gasteiger partial charge in [-0.2, -0.15) is 0 Å². The highest BCUT2D eigenvalue weighted by Gasteiger charge is 2.05. The lowest BCUT2D eigenvalue weighted by Gasteiger charge is -2.08. The highest BCUT2D eigenvalue weighted by Crippen LogP contribution is 2.26. The van der Waals surface area contributed by atoms with Crippen molar-refractivity contribution >= 4 is 31.9 Å². The summed E-state index contributed by atoms with van der Waals surface area (Å²) in [5.74, 6) is -0.283. The molecule has 0 unspecified atom stereocenters. The molecule has 2 aromatic rings. The summed E-state index contributed by atoms with van der Waals surface area (Å²) < 4.78 is 32.6. The average Bonchev–Trinajstić information content (AvgIpc) is 2.34. The van der Waals surface area contributed by atoms with Crippen LogP contribution in [0.1, 0.15) is 5.56 Å². The van der Waals surface area contributed by atoms with Gasteiger partial charge in [0.1, 0.15) is 24.0 Å². The van der Waals surface area contributed by atoms with Crippen LogP contribution in [0.15, 0.2) is 45.3 Å². The molecule has 0 aromatic heterocycles. The summed E-state index contributed by atoms with van der Waals surface area (Å²) in [6, 6.07) is 8.80. The Balaban J connectivity index is 2.11. The first-order valence-electron chi connectivity index (χ1n) is 5.08. The average molecular weight is 378 g/mol. The van der Waals surface area contributed by atoms with E-state index < -0.39 is 0 Å². The first-order valence-corrected chi connectivity index (χ1v) is 6.66. The number of hydrogen-bond acceptors (Lipinski definition) is 1. The Morgan fingerprint density at radius 2 is 1.72 bits per heavy atom. The quantitative estimate of drug-likeness (QED) is 0.725. The lowest BCUT2D eigenvalue weighted by atomic mass is 10.2. The monoisotopic (exact) mass is 376 g/mol. The van der Waals surface area contributed by atoms with Gasteiger partial charge in [-0.1, -0.05) is 6.07 Å². The predicted octanol–water partition coefficient (Wildman–Crippen LogP) is 5.07. The molecule has 1 nitrogen and oxygen atoms in total. The van der Waals surface area contributed by atoms with Crippen molar-refractivity contribution in [1.82, 2.24) is 0 Å². The molecule has 0 amide bonds. The van der Waals surface area contributed by atoms with Crippen LogP contribution in [0.2, 0.25) is 0 Å². The first kappa shape index (κ1) is 13.5. The van der Waals surface area contributed by atoms with Crippen LogP contribution in [-0.2, 0) is 6.61 Å². The van der Waals surface area contributed by atoms with Crippen molar-refractivity contribution in [2.24, 2.45) is 0 Å². The molecule has 0 spiro atoms. The van der Waals surface area contributed by atoms with Crippen molar-refractivity contribution in [2.45, 2.75) is 6.61 Å². The minimum Gasteiger partial charge on any atom is -0.488 e. The van der Waals surface area contributed by atoms with Gasteiger partial charge >= 0.3 is 0 Å². The molecule has 5 heteroatoms. The second kappa shape index (κ2) is 5.80. The van der Waals surface area contributed by atoms with Gasteiger partial charge in [0.25, 0.3) is 0 Å². The summed E-state index contributed by atoms with van der Waals surface area (Å²) in [6.07, 6.45) is 0. The first-order chi connectivity index (χ1) is 8.56. The van der Waals surface area contributed by atoms with Crippen LogP contribution < -0.4 is 4.74 Å². The molecule has 94 valence electrons. The van der Waals surface area contributed by atoms with Crippen molar-refractivity contribution < 1.29 is 13.5 Å². The minimum atomic E-state index is -0.367. The van der Waals surface area contributed by atoms with Crippen LogP contribution in [0.4, 0.5) is 8.78 Å². The molecule has 0 bridgehead atoms. The molecule has 0 N–H and O–H groups in total. The molecule has 2 aromatic carbocycles. The van der Waals surface area contributed by atoms with Crippen molar-refractivity contribution in [1.29, 1.82) is 0 Å². The van der Waals surface area contributed by atoms with Crippen LogP contribution in [-0.4, -0.2) is 0 Å². The Kier molecular flexibility index (Phi) is 4.35. The summed E-state index contributed by atoms with van der Waals surface area (Å²) in [4.78, 5) is 0. The maximum absolute atomic E-state index is 13.0. The van der Waals surface area contributed by atoms with Crippen molar-refractivity contribution in [2.75, 3.05) is 0 Å². The molecular formula is C13H8Br2F2O. The third kappa shape index (κ3) is 3.29. The lowest BCUT2D eigenvalue weighted by Crippen LogP contribution is -1.97. The Labute approximate surface area is 120 Å². The van der Waals surface area contributed by atoms with Gasteiger partial charge in [0.15, 0.2) is 0 Å². The highest BCUT2D eigenvalue weighted by molar-refractivity contribution is 9.10. The van der Waals surface area contributed by atoms with Crippen molar-refractivity contribution in [3.05, 3.63) is 62.5 Å². The van der Waals surface area contributed by atoms with Gasteiger partial charge in [-0.3, -0.25) is 0 Å². The van der Waals surface area contributed by atoms with Crippen LogP contribution in [0.5, 0.6) is 5.75 Å². The van der Waals surface area contributed by atoms with E-state index in [9.17, 15) is 8.78 Å². The van der Waals surface area contributed by atoms with Crippen LogP contribution in [0.3, 0.4) is 0 Å². The molecule has 0 atom stereocenters. The van der Waals surface area contributed by atoms with Gasteiger partial charge < -0.3 is 4.74 Å². The van der Waals surface area contributed by atoms with Gasteiger partial charge in [0.2, 0.25) is 0 Å². The van der Waals surface area contributed by atoms with Crippen LogP contribution in [0.25, 0.3) is 0 Å². The second-order valence-corrected chi connectivity index (χ2v) is 5.32. The van der Waals surface area contributed by atoms with Crippen molar-refractivity contribution in [3.63, 3.8) is 0 Å². The zero-order valence-corrected chi connectivity index (χ0v) is 12.3. The molecule has 0 saturated heterocycles. The minimum absolute atomic E-state index is 0.237. The van der Waals surface area contributed by atoms with E-state index in [1.165, 1.54) is 18.2 Å². The third-order valence-corrected chi connectivity index (χ3v) is 3.53. The molecule has 0 fully saturated rings. The number of hydrogen-bond donors (Lipinski definition) is 0. The molecule has 0 radical (unpaired) electrons. The smallest absolute Gasteiger partial charge is 0.137 e. The number of benzene rings is 2. The Morgan fingerprint density at radius 3 is 2.44 bits per heavy atom. The van der Waals surface area contributed by atoms with Gasteiger partial charge in [-0.05, 0) is 61.7 Å². The van der Waals surface area contributed by atoms with Gasteiger partial charge in [0, 0.05) is 6.07 Å². The van der Waals surface area contributed by atoms with Crippen molar-refractivity contribution in [3.8, 4) is 5.75 Å². The number of rotatable bonds is 3. The predicted molar refractivity (Wildman–Crippen MR) is 72.5 cm³/mol. The van der Waals surface area contributed by atoms with E-state index in [1.54, 1.807) is 18.2 Å². The summed E-state index contributed by atoms with van der Waals surface area (Å²) >= 11 is 6.37. The number of halogens is 4. The summed E-state index contributed by atoms with van der Waals surface area (Å²) in [5, 5.41) is 0. The highest BCUT2D eigenvalue weighted by atomic mass is 79.9. The number of ether oxygens (including phenoxy) is 1. The van der Waals surface area contributed by atoms with E-state index in [2.05, 4.69) is 31.9 Å². The lowest BCUT2D eigenvalue weighted by molar-refractivity contribution is 0.302. The summed E-state index contributed by atoms with van der Waals surface area (Å²) in [6.45, 7) is 0.237. The van der Waals surface area contributed by atoms with E-state index in [1.807, 2.05) is 0 Å². The van der Waals surface area contributed by atoms with Crippen LogP contribution >= 0.6 is 31.9 Å². The molecule has 0 heterocycles. The maximum Gasteiger partial charge on any atom is 0.137 e. The summed E-state index contributed by atoms with van der Waals surface area (Å²) in [7, 11) is 0. The summed E-state index contributed by atoms with van der Waals surface area (Å²) in [5.41, 5.74) is 0.791. The zero-order valence-electron chi connectivity index (χ0n) is 9.09. The van der Waals surface area contributed by atoms with E-state index in [0.717, 1.165) is 5.56 Å². The Hall–Kier alpha value is -0.940. The van der Waals surface area contributed by atoms with E-state index in [0.29, 0.717) is 14.7 Å². The molecule has 0 aliphatic rings. The van der Waals surface area contributed by atoms with E-state index in [-0.39, 0.29) is 18.2 Å². The normalized spacial score (nSPS) is 10.4. The fraction of sp³-hybridized carbons (Fsp3) is 0.0769. The molecule has 0 saturated carbocycles. The third-order valence-electron chi connectivity index (χ3n) is 2.27.